The van der Waals surface area contributed by atoms with Crippen molar-refractivity contribution >= 4 is 11.0 Å². The fourth-order valence-electron chi connectivity index (χ4n) is 2.64. The SMILES string of the molecule is CC(C)(C)S(=O)N[C@H]([C@H](O)COCc1ccccc1)[C@H](F)Cc1ccccc1. The highest BCUT2D eigenvalue weighted by molar-refractivity contribution is 7.84. The van der Waals surface area contributed by atoms with E-state index in [0.717, 1.165) is 11.1 Å². The van der Waals surface area contributed by atoms with E-state index in [-0.39, 0.29) is 13.0 Å². The number of aliphatic hydroxyl groups is 1. The summed E-state index contributed by atoms with van der Waals surface area (Å²) in [6.45, 7) is 5.67. The molecule has 1 unspecified atom stereocenters. The molecule has 2 N–H and O–H groups in total. The van der Waals surface area contributed by atoms with Gasteiger partial charge in [0.25, 0.3) is 0 Å². The van der Waals surface area contributed by atoms with Crippen molar-refractivity contribution in [3.63, 3.8) is 0 Å². The van der Waals surface area contributed by atoms with Gasteiger partial charge in [-0.05, 0) is 31.9 Å². The molecule has 28 heavy (non-hydrogen) atoms. The van der Waals surface area contributed by atoms with Crippen molar-refractivity contribution in [2.45, 2.75) is 56.9 Å². The van der Waals surface area contributed by atoms with Gasteiger partial charge in [-0.15, -0.1) is 0 Å². The molecule has 6 heteroatoms. The number of hydrogen-bond acceptors (Lipinski definition) is 3. The summed E-state index contributed by atoms with van der Waals surface area (Å²) in [5.74, 6) is 0. The summed E-state index contributed by atoms with van der Waals surface area (Å²) in [5, 5.41) is 10.6. The maximum absolute atomic E-state index is 15.1. The summed E-state index contributed by atoms with van der Waals surface area (Å²) in [6.07, 6.45) is -2.42. The van der Waals surface area contributed by atoms with Crippen molar-refractivity contribution in [3.8, 4) is 0 Å². The number of rotatable bonds is 10. The standard InChI is InChI=1S/C22H30FNO3S/c1-22(2,3)28(26)24-21(19(23)14-17-10-6-4-7-11-17)20(25)16-27-15-18-12-8-5-9-13-18/h4-13,19-21,24-25H,14-16H2,1-3H3/t19-,20-,21+,28?/m1/s1. The highest BCUT2D eigenvalue weighted by atomic mass is 32.2. The second kappa shape index (κ2) is 10.8. The van der Waals surface area contributed by atoms with Gasteiger partial charge in [-0.1, -0.05) is 60.7 Å². The molecule has 2 rings (SSSR count). The van der Waals surface area contributed by atoms with E-state index < -0.39 is 34.1 Å². The Balaban J connectivity index is 2.02. The Morgan fingerprint density at radius 1 is 1.04 bits per heavy atom. The van der Waals surface area contributed by atoms with E-state index in [1.54, 1.807) is 20.8 Å². The van der Waals surface area contributed by atoms with E-state index in [1.807, 2.05) is 60.7 Å². The molecule has 4 atom stereocenters. The average molecular weight is 408 g/mol. The molecule has 0 aliphatic carbocycles. The van der Waals surface area contributed by atoms with Gasteiger partial charge < -0.3 is 9.84 Å². The lowest BCUT2D eigenvalue weighted by Crippen LogP contribution is -2.52. The first-order valence-corrected chi connectivity index (χ1v) is 10.6. The minimum Gasteiger partial charge on any atom is -0.389 e. The van der Waals surface area contributed by atoms with E-state index >= 15 is 4.39 Å². The molecule has 154 valence electrons. The van der Waals surface area contributed by atoms with Crippen LogP contribution >= 0.6 is 0 Å². The van der Waals surface area contributed by atoms with Crippen LogP contribution in [0.3, 0.4) is 0 Å². The number of aliphatic hydroxyl groups excluding tert-OH is 1. The first-order chi connectivity index (χ1) is 13.3. The van der Waals surface area contributed by atoms with Crippen molar-refractivity contribution in [2.24, 2.45) is 0 Å². The molecule has 0 saturated heterocycles. The fraction of sp³-hybridized carbons (Fsp3) is 0.455. The third-order valence-corrected chi connectivity index (χ3v) is 5.88. The van der Waals surface area contributed by atoms with Crippen LogP contribution in [0.15, 0.2) is 60.7 Å². The van der Waals surface area contributed by atoms with Crippen LogP contribution in [-0.4, -0.2) is 39.0 Å². The van der Waals surface area contributed by atoms with Crippen molar-refractivity contribution < 1.29 is 18.4 Å². The molecule has 0 fully saturated rings. The van der Waals surface area contributed by atoms with Gasteiger partial charge in [-0.2, -0.15) is 0 Å². The summed E-state index contributed by atoms with van der Waals surface area (Å²) in [7, 11) is -1.51. The molecule has 0 bridgehead atoms. The highest BCUT2D eigenvalue weighted by Crippen LogP contribution is 2.17. The van der Waals surface area contributed by atoms with Crippen molar-refractivity contribution in [3.05, 3.63) is 71.8 Å². The van der Waals surface area contributed by atoms with Crippen molar-refractivity contribution in [2.75, 3.05) is 6.61 Å². The van der Waals surface area contributed by atoms with E-state index in [9.17, 15) is 9.32 Å². The fourth-order valence-corrected chi connectivity index (χ4v) is 3.54. The Labute approximate surface area is 169 Å². The van der Waals surface area contributed by atoms with E-state index in [4.69, 9.17) is 4.74 Å². The number of benzene rings is 2. The quantitative estimate of drug-likeness (QED) is 0.633. The van der Waals surface area contributed by atoms with Crippen molar-refractivity contribution in [1.82, 2.24) is 4.72 Å². The van der Waals surface area contributed by atoms with Crippen LogP contribution in [0.2, 0.25) is 0 Å². The Morgan fingerprint density at radius 3 is 2.11 bits per heavy atom. The molecular formula is C22H30FNO3S. The second-order valence-electron chi connectivity index (χ2n) is 7.80. The third-order valence-electron chi connectivity index (χ3n) is 4.28. The lowest BCUT2D eigenvalue weighted by molar-refractivity contribution is -0.00226. The molecule has 2 aromatic carbocycles. The molecule has 0 aromatic heterocycles. The third kappa shape index (κ3) is 7.43. The minimum absolute atomic E-state index is 0.0525. The van der Waals surface area contributed by atoms with Crippen molar-refractivity contribution in [1.29, 1.82) is 0 Å². The first-order valence-electron chi connectivity index (χ1n) is 9.43. The average Bonchev–Trinajstić information content (AvgIpc) is 2.66. The Hall–Kier alpha value is -1.60. The predicted octanol–water partition coefficient (Wildman–Crippen LogP) is 3.57. The second-order valence-corrected chi connectivity index (χ2v) is 9.80. The number of ether oxygens (including phenoxy) is 1. The topological polar surface area (TPSA) is 58.6 Å². The molecule has 2 aromatic rings. The Kier molecular flexibility index (Phi) is 8.76. The number of halogens is 1. The largest absolute Gasteiger partial charge is 0.389 e. The zero-order valence-electron chi connectivity index (χ0n) is 16.7. The lowest BCUT2D eigenvalue weighted by atomic mass is 10.0. The minimum atomic E-state index is -1.51. The molecule has 0 radical (unpaired) electrons. The highest BCUT2D eigenvalue weighted by Gasteiger charge is 2.33. The zero-order chi connectivity index (χ0) is 20.6. The zero-order valence-corrected chi connectivity index (χ0v) is 17.5. The van der Waals surface area contributed by atoms with Gasteiger partial charge in [0.1, 0.15) is 6.17 Å². The van der Waals surface area contributed by atoms with Gasteiger partial charge in [0.2, 0.25) is 0 Å². The van der Waals surface area contributed by atoms with Crippen LogP contribution < -0.4 is 4.72 Å². The molecule has 0 spiro atoms. The molecule has 0 amide bonds. The molecule has 0 aliphatic rings. The smallest absolute Gasteiger partial charge is 0.123 e. The normalized spacial score (nSPS) is 16.3. The lowest BCUT2D eigenvalue weighted by Gasteiger charge is -2.30. The maximum Gasteiger partial charge on any atom is 0.123 e. The summed E-state index contributed by atoms with van der Waals surface area (Å²) in [6, 6.07) is 17.8. The molecule has 0 aliphatic heterocycles. The predicted molar refractivity (Wildman–Crippen MR) is 112 cm³/mol. The molecular weight excluding hydrogens is 377 g/mol. The maximum atomic E-state index is 15.1. The van der Waals surface area contributed by atoms with Gasteiger partial charge >= 0.3 is 0 Å². The number of hydrogen-bond donors (Lipinski definition) is 2. The van der Waals surface area contributed by atoms with E-state index in [1.165, 1.54) is 0 Å². The summed E-state index contributed by atoms with van der Waals surface area (Å²) in [4.78, 5) is 0. The monoisotopic (exact) mass is 407 g/mol. The Bertz CT molecular complexity index is 722. The summed E-state index contributed by atoms with van der Waals surface area (Å²) in [5.41, 5.74) is 1.79. The van der Waals surface area contributed by atoms with Gasteiger partial charge in [0.05, 0.1) is 41.1 Å². The molecule has 0 heterocycles. The summed E-state index contributed by atoms with van der Waals surface area (Å²) < 4.78 is 35.4. The van der Waals surface area contributed by atoms with Gasteiger partial charge in [-0.25, -0.2) is 13.3 Å². The van der Waals surface area contributed by atoms with E-state index in [0.29, 0.717) is 6.61 Å². The number of alkyl halides is 1. The molecule has 4 nitrogen and oxygen atoms in total. The van der Waals surface area contributed by atoms with Crippen LogP contribution in [0.1, 0.15) is 31.9 Å². The van der Waals surface area contributed by atoms with Crippen LogP contribution in [0.5, 0.6) is 0 Å². The van der Waals surface area contributed by atoms with Crippen LogP contribution in [0.4, 0.5) is 4.39 Å². The van der Waals surface area contributed by atoms with Gasteiger partial charge in [0.15, 0.2) is 0 Å². The Morgan fingerprint density at radius 2 is 1.57 bits per heavy atom. The van der Waals surface area contributed by atoms with Gasteiger partial charge in [0, 0.05) is 6.42 Å². The van der Waals surface area contributed by atoms with Crippen LogP contribution in [-0.2, 0) is 28.8 Å². The number of nitrogens with one attached hydrogen (secondary N) is 1. The van der Waals surface area contributed by atoms with Crippen LogP contribution in [0.25, 0.3) is 0 Å². The van der Waals surface area contributed by atoms with Gasteiger partial charge in [-0.3, -0.25) is 0 Å². The summed E-state index contributed by atoms with van der Waals surface area (Å²) >= 11 is 0. The first kappa shape index (κ1) is 22.7. The molecule has 0 saturated carbocycles. The van der Waals surface area contributed by atoms with Crippen LogP contribution in [0, 0.1) is 0 Å². The van der Waals surface area contributed by atoms with E-state index in [2.05, 4.69) is 4.72 Å².